The number of carbonyl (C=O) groups is 4. The van der Waals surface area contributed by atoms with E-state index in [0.717, 1.165) is 11.8 Å². The number of nitrogens with one attached hydrogen (secondary N) is 3. The summed E-state index contributed by atoms with van der Waals surface area (Å²) in [6.45, 7) is 0.887. The van der Waals surface area contributed by atoms with Crippen molar-refractivity contribution in [1.29, 1.82) is 0 Å². The third-order valence-corrected chi connectivity index (χ3v) is 5.10. The Balaban J connectivity index is 1.39. The Kier molecular flexibility index (Phi) is 7.57. The molecular weight excluding hydrogens is 424 g/mol. The molecule has 0 fully saturated rings. The van der Waals surface area contributed by atoms with E-state index in [2.05, 4.69) is 21.1 Å². The van der Waals surface area contributed by atoms with Crippen molar-refractivity contribution in [2.75, 3.05) is 37.9 Å². The fourth-order valence-corrected chi connectivity index (χ4v) is 3.51. The van der Waals surface area contributed by atoms with Crippen LogP contribution in [0.1, 0.15) is 31.4 Å². The first-order valence-electron chi connectivity index (χ1n) is 9.34. The molecule has 0 bridgehead atoms. The summed E-state index contributed by atoms with van der Waals surface area (Å²) >= 11 is 1.14. The topological polar surface area (TPSA) is 140 Å². The number of para-hydroxylation sites is 1. The van der Waals surface area contributed by atoms with E-state index in [1.54, 1.807) is 12.1 Å². The van der Waals surface area contributed by atoms with Crippen molar-refractivity contribution in [3.63, 3.8) is 0 Å². The third kappa shape index (κ3) is 5.58. The van der Waals surface area contributed by atoms with E-state index in [4.69, 9.17) is 9.26 Å². The second-order valence-electron chi connectivity index (χ2n) is 6.22. The lowest BCUT2D eigenvalue weighted by molar-refractivity contribution is 0.0944. The van der Waals surface area contributed by atoms with Gasteiger partial charge in [0.2, 0.25) is 17.3 Å². The zero-order valence-electron chi connectivity index (χ0n) is 16.6. The number of benzene rings is 1. The maximum absolute atomic E-state index is 12.6. The molecule has 11 heteroatoms. The van der Waals surface area contributed by atoms with Gasteiger partial charge < -0.3 is 25.2 Å². The number of urea groups is 1. The normalized spacial score (nSPS) is 12.7. The van der Waals surface area contributed by atoms with Gasteiger partial charge in [-0.2, -0.15) is 0 Å². The van der Waals surface area contributed by atoms with Gasteiger partial charge in [0.1, 0.15) is 5.56 Å². The molecule has 0 saturated heterocycles. The molecule has 0 atom stereocenters. The molecule has 0 spiro atoms. The number of hydrogen-bond acceptors (Lipinski definition) is 8. The summed E-state index contributed by atoms with van der Waals surface area (Å²) in [7, 11) is 1.39. The SMILES string of the molecule is CNC(=O)c1noc2c1C(=O)C(SCCOCCNC(=O)Nc1ccccc1)=CC2=O. The van der Waals surface area contributed by atoms with Crippen LogP contribution in [0.2, 0.25) is 0 Å². The van der Waals surface area contributed by atoms with Gasteiger partial charge in [-0.3, -0.25) is 14.4 Å². The Morgan fingerprint density at radius 1 is 1.16 bits per heavy atom. The summed E-state index contributed by atoms with van der Waals surface area (Å²) in [5.41, 5.74) is 0.356. The van der Waals surface area contributed by atoms with E-state index in [1.807, 2.05) is 18.2 Å². The monoisotopic (exact) mass is 444 g/mol. The predicted molar refractivity (Wildman–Crippen MR) is 113 cm³/mol. The van der Waals surface area contributed by atoms with Gasteiger partial charge in [-0.25, -0.2) is 4.79 Å². The second kappa shape index (κ2) is 10.5. The minimum Gasteiger partial charge on any atom is -0.379 e. The lowest BCUT2D eigenvalue weighted by atomic mass is 10.00. The first-order valence-corrected chi connectivity index (χ1v) is 10.3. The third-order valence-electron chi connectivity index (χ3n) is 4.12. The molecule has 1 aromatic carbocycles. The van der Waals surface area contributed by atoms with E-state index >= 15 is 0 Å². The van der Waals surface area contributed by atoms with Gasteiger partial charge in [0.15, 0.2) is 5.69 Å². The largest absolute Gasteiger partial charge is 0.379 e. The number of nitrogens with zero attached hydrogens (tertiary/aromatic N) is 1. The highest BCUT2D eigenvalue weighted by atomic mass is 32.2. The second-order valence-corrected chi connectivity index (χ2v) is 7.36. The van der Waals surface area contributed by atoms with Crippen molar-refractivity contribution < 1.29 is 28.4 Å². The lowest BCUT2D eigenvalue weighted by Crippen LogP contribution is -2.31. The van der Waals surface area contributed by atoms with E-state index in [-0.39, 0.29) is 34.6 Å². The Morgan fingerprint density at radius 2 is 1.94 bits per heavy atom. The fourth-order valence-electron chi connectivity index (χ4n) is 2.67. The summed E-state index contributed by atoms with van der Waals surface area (Å²) in [6, 6.07) is 8.71. The van der Waals surface area contributed by atoms with E-state index in [1.165, 1.54) is 13.1 Å². The maximum atomic E-state index is 12.6. The zero-order chi connectivity index (χ0) is 22.2. The van der Waals surface area contributed by atoms with Gasteiger partial charge in [-0.1, -0.05) is 23.4 Å². The first kappa shape index (κ1) is 22.2. The smallest absolute Gasteiger partial charge is 0.319 e. The number of anilines is 1. The molecule has 0 unspecified atom stereocenters. The van der Waals surface area contributed by atoms with E-state index in [0.29, 0.717) is 24.6 Å². The van der Waals surface area contributed by atoms with Gasteiger partial charge >= 0.3 is 6.03 Å². The first-order chi connectivity index (χ1) is 15.0. The van der Waals surface area contributed by atoms with Gasteiger partial charge in [-0.15, -0.1) is 11.8 Å². The number of hydrogen-bond donors (Lipinski definition) is 3. The van der Waals surface area contributed by atoms with Crippen LogP contribution in [0.3, 0.4) is 0 Å². The van der Waals surface area contributed by atoms with Crippen LogP contribution in [0, 0.1) is 0 Å². The summed E-state index contributed by atoms with van der Waals surface area (Å²) in [5, 5.41) is 11.3. The van der Waals surface area contributed by atoms with E-state index in [9.17, 15) is 19.2 Å². The van der Waals surface area contributed by atoms with Crippen molar-refractivity contribution in [1.82, 2.24) is 15.8 Å². The Hall–Kier alpha value is -3.44. The zero-order valence-corrected chi connectivity index (χ0v) is 17.4. The molecule has 162 valence electrons. The van der Waals surface area contributed by atoms with Crippen LogP contribution in [0.5, 0.6) is 0 Å². The molecule has 0 saturated carbocycles. The number of ether oxygens (including phenoxy) is 1. The van der Waals surface area contributed by atoms with Crippen molar-refractivity contribution >= 4 is 41.0 Å². The number of rotatable bonds is 9. The quantitative estimate of drug-likeness (QED) is 0.498. The molecule has 10 nitrogen and oxygen atoms in total. The molecular formula is C20H20N4O6S. The minimum absolute atomic E-state index is 0.121. The number of fused-ring (bicyclic) bond motifs is 1. The molecule has 3 amide bonds. The van der Waals surface area contributed by atoms with Crippen LogP contribution < -0.4 is 16.0 Å². The van der Waals surface area contributed by atoms with Gasteiger partial charge in [0.25, 0.3) is 5.91 Å². The highest BCUT2D eigenvalue weighted by Gasteiger charge is 2.35. The van der Waals surface area contributed by atoms with Crippen LogP contribution in [0.25, 0.3) is 0 Å². The number of allylic oxidation sites excluding steroid dienone is 2. The highest BCUT2D eigenvalue weighted by molar-refractivity contribution is 8.04. The molecule has 2 aromatic rings. The molecule has 31 heavy (non-hydrogen) atoms. The van der Waals surface area contributed by atoms with Crippen LogP contribution in [0.4, 0.5) is 10.5 Å². The average molecular weight is 444 g/mol. The number of thioether (sulfide) groups is 1. The number of aromatic nitrogens is 1. The predicted octanol–water partition coefficient (Wildman–Crippen LogP) is 1.87. The summed E-state index contributed by atoms with van der Waals surface area (Å²) in [5.74, 6) is -1.45. The number of carbonyl (C=O) groups excluding carboxylic acids is 4. The van der Waals surface area contributed by atoms with Gasteiger partial charge in [0, 0.05) is 31.1 Å². The molecule has 0 radical (unpaired) electrons. The van der Waals surface area contributed by atoms with Crippen LogP contribution in [-0.2, 0) is 4.74 Å². The summed E-state index contributed by atoms with van der Waals surface area (Å²) in [4.78, 5) is 48.6. The number of Topliss-reactive ketones (excluding diaryl/α,β-unsaturated/α-hetero) is 1. The van der Waals surface area contributed by atoms with Crippen molar-refractivity contribution in [2.24, 2.45) is 0 Å². The molecule has 1 heterocycles. The highest BCUT2D eigenvalue weighted by Crippen LogP contribution is 2.30. The van der Waals surface area contributed by atoms with Crippen molar-refractivity contribution in [2.45, 2.75) is 0 Å². The van der Waals surface area contributed by atoms with Gasteiger partial charge in [0.05, 0.1) is 18.1 Å². The number of amides is 3. The molecule has 1 aliphatic carbocycles. The summed E-state index contributed by atoms with van der Waals surface area (Å²) < 4.78 is 10.3. The molecule has 0 aliphatic heterocycles. The van der Waals surface area contributed by atoms with Crippen LogP contribution >= 0.6 is 11.8 Å². The van der Waals surface area contributed by atoms with Crippen LogP contribution in [0.15, 0.2) is 45.8 Å². The Bertz CT molecular complexity index is 1020. The van der Waals surface area contributed by atoms with Crippen LogP contribution in [-0.4, -0.2) is 61.2 Å². The fraction of sp³-hybridized carbons (Fsp3) is 0.250. The molecule has 3 rings (SSSR count). The van der Waals surface area contributed by atoms with Crippen molar-refractivity contribution in [3.8, 4) is 0 Å². The molecule has 1 aromatic heterocycles. The maximum Gasteiger partial charge on any atom is 0.319 e. The Labute approximate surface area is 181 Å². The molecule has 1 aliphatic rings. The minimum atomic E-state index is -0.607. The average Bonchev–Trinajstić information content (AvgIpc) is 3.22. The standard InChI is InChI=1S/C20H20N4O6S/c1-21-19(27)16-15-17(26)14(11-13(25)18(15)30-24-16)31-10-9-29-8-7-22-20(28)23-12-5-3-2-4-6-12/h2-6,11H,7-10H2,1H3,(H,21,27)(H2,22,23,28). The van der Waals surface area contributed by atoms with E-state index < -0.39 is 17.5 Å². The van der Waals surface area contributed by atoms with Crippen molar-refractivity contribution in [3.05, 3.63) is 58.3 Å². The van der Waals surface area contributed by atoms with Gasteiger partial charge in [-0.05, 0) is 12.1 Å². The Morgan fingerprint density at radius 3 is 2.68 bits per heavy atom. The number of ketones is 2. The summed E-state index contributed by atoms with van der Waals surface area (Å²) in [6.07, 6.45) is 1.17. The lowest BCUT2D eigenvalue weighted by Gasteiger charge is -2.11. The molecule has 3 N–H and O–H groups in total.